The van der Waals surface area contributed by atoms with Crippen molar-refractivity contribution in [2.45, 2.75) is 25.6 Å². The third-order valence-electron chi connectivity index (χ3n) is 2.95. The first-order valence-corrected chi connectivity index (χ1v) is 5.54. The van der Waals surface area contributed by atoms with E-state index >= 15 is 0 Å². The standard InChI is InChI=1S/C13H16O4/c1-10(16-14)11-8-13(2,17-15-9-11)12-6-4-3-5-7-12/h3-8,10,14H,9H2,1-2H3. The molecule has 0 bridgehead atoms. The molecule has 92 valence electrons. The average molecular weight is 236 g/mol. The summed E-state index contributed by atoms with van der Waals surface area (Å²) in [6.45, 7) is 3.96. The Balaban J connectivity index is 2.32. The molecule has 0 saturated carbocycles. The molecule has 0 spiro atoms. The third kappa shape index (κ3) is 2.56. The quantitative estimate of drug-likeness (QED) is 0.498. The first kappa shape index (κ1) is 12.3. The van der Waals surface area contributed by atoms with Crippen LogP contribution < -0.4 is 0 Å². The lowest BCUT2D eigenvalue weighted by Gasteiger charge is -2.31. The molecule has 0 aromatic heterocycles. The van der Waals surface area contributed by atoms with Crippen LogP contribution >= 0.6 is 0 Å². The van der Waals surface area contributed by atoms with Gasteiger partial charge >= 0.3 is 0 Å². The van der Waals surface area contributed by atoms with Gasteiger partial charge in [0.2, 0.25) is 0 Å². The molecular weight excluding hydrogens is 220 g/mol. The zero-order chi connectivity index (χ0) is 12.3. The highest BCUT2D eigenvalue weighted by Gasteiger charge is 2.32. The molecule has 4 heteroatoms. The van der Waals surface area contributed by atoms with Crippen molar-refractivity contribution in [2.24, 2.45) is 0 Å². The Morgan fingerprint density at radius 1 is 1.35 bits per heavy atom. The molecule has 0 fully saturated rings. The van der Waals surface area contributed by atoms with Gasteiger partial charge in [-0.15, -0.1) is 0 Å². The minimum absolute atomic E-state index is 0.296. The van der Waals surface area contributed by atoms with Crippen LogP contribution in [0.4, 0.5) is 0 Å². The van der Waals surface area contributed by atoms with Crippen LogP contribution in [0.5, 0.6) is 0 Å². The molecule has 1 N–H and O–H groups in total. The Labute approximate surface area is 100 Å². The largest absolute Gasteiger partial charge is 0.251 e. The zero-order valence-electron chi connectivity index (χ0n) is 9.92. The summed E-state index contributed by atoms with van der Waals surface area (Å²) < 4.78 is 0. The normalized spacial score (nSPS) is 26.4. The van der Waals surface area contributed by atoms with Gasteiger partial charge in [-0.05, 0) is 31.1 Å². The molecule has 1 heterocycles. The topological polar surface area (TPSA) is 47.9 Å². The maximum atomic E-state index is 8.69. The van der Waals surface area contributed by atoms with Crippen molar-refractivity contribution in [2.75, 3.05) is 6.61 Å². The maximum Gasteiger partial charge on any atom is 0.144 e. The molecule has 4 nitrogen and oxygen atoms in total. The van der Waals surface area contributed by atoms with Gasteiger partial charge < -0.3 is 0 Å². The highest BCUT2D eigenvalue weighted by molar-refractivity contribution is 5.30. The smallest absolute Gasteiger partial charge is 0.144 e. The highest BCUT2D eigenvalue weighted by Crippen LogP contribution is 2.32. The fraction of sp³-hybridized carbons (Fsp3) is 0.385. The van der Waals surface area contributed by atoms with E-state index in [1.807, 2.05) is 43.3 Å². The number of rotatable bonds is 3. The minimum Gasteiger partial charge on any atom is -0.251 e. The summed E-state index contributed by atoms with van der Waals surface area (Å²) in [7, 11) is 0. The molecule has 2 atom stereocenters. The molecule has 2 rings (SSSR count). The third-order valence-corrected chi connectivity index (χ3v) is 2.95. The van der Waals surface area contributed by atoms with Gasteiger partial charge in [0.1, 0.15) is 18.3 Å². The fourth-order valence-corrected chi connectivity index (χ4v) is 1.84. The summed E-state index contributed by atoms with van der Waals surface area (Å²) in [6.07, 6.45) is 1.52. The summed E-state index contributed by atoms with van der Waals surface area (Å²) in [6, 6.07) is 9.76. The molecule has 0 saturated heterocycles. The van der Waals surface area contributed by atoms with Crippen molar-refractivity contribution in [3.63, 3.8) is 0 Å². The van der Waals surface area contributed by atoms with Gasteiger partial charge in [-0.1, -0.05) is 30.3 Å². The van der Waals surface area contributed by atoms with E-state index in [0.717, 1.165) is 11.1 Å². The van der Waals surface area contributed by atoms with Crippen LogP contribution in [0.2, 0.25) is 0 Å². The molecule has 1 aliphatic heterocycles. The van der Waals surface area contributed by atoms with Crippen LogP contribution in [0.3, 0.4) is 0 Å². The Kier molecular flexibility index (Phi) is 3.59. The van der Waals surface area contributed by atoms with Gasteiger partial charge in [-0.2, -0.15) is 0 Å². The lowest BCUT2D eigenvalue weighted by atomic mass is 9.92. The molecule has 0 aliphatic carbocycles. The van der Waals surface area contributed by atoms with Gasteiger partial charge in [0.15, 0.2) is 0 Å². The molecular formula is C13H16O4. The first-order valence-electron chi connectivity index (χ1n) is 5.54. The van der Waals surface area contributed by atoms with Crippen molar-refractivity contribution >= 4 is 0 Å². The monoisotopic (exact) mass is 236 g/mol. The molecule has 0 amide bonds. The fourth-order valence-electron chi connectivity index (χ4n) is 1.84. The van der Waals surface area contributed by atoms with Crippen molar-refractivity contribution in [3.8, 4) is 0 Å². The van der Waals surface area contributed by atoms with E-state index in [1.54, 1.807) is 6.92 Å². The van der Waals surface area contributed by atoms with Crippen molar-refractivity contribution in [3.05, 3.63) is 47.5 Å². The molecule has 17 heavy (non-hydrogen) atoms. The second-order valence-electron chi connectivity index (χ2n) is 4.29. The summed E-state index contributed by atoms with van der Waals surface area (Å²) in [4.78, 5) is 14.8. The van der Waals surface area contributed by atoms with Crippen LogP contribution in [0.15, 0.2) is 42.0 Å². The SMILES string of the molecule is CC(OO)C1=CC(C)(c2ccccc2)OOC1. The van der Waals surface area contributed by atoms with Crippen molar-refractivity contribution in [1.29, 1.82) is 0 Å². The Morgan fingerprint density at radius 3 is 2.71 bits per heavy atom. The second-order valence-corrected chi connectivity index (χ2v) is 4.29. The summed E-state index contributed by atoms with van der Waals surface area (Å²) in [5.74, 6) is 0. The van der Waals surface area contributed by atoms with Crippen LogP contribution in [0, 0.1) is 0 Å². The Hall–Kier alpha value is -1.20. The van der Waals surface area contributed by atoms with E-state index in [1.165, 1.54) is 0 Å². The van der Waals surface area contributed by atoms with Gasteiger partial charge in [-0.25, -0.2) is 14.7 Å². The van der Waals surface area contributed by atoms with Gasteiger partial charge in [0, 0.05) is 0 Å². The zero-order valence-corrected chi connectivity index (χ0v) is 9.92. The lowest BCUT2D eigenvalue weighted by Crippen LogP contribution is -2.31. The summed E-state index contributed by atoms with van der Waals surface area (Å²) in [5, 5.41) is 8.69. The molecule has 1 aromatic carbocycles. The number of hydrogen-bond acceptors (Lipinski definition) is 4. The summed E-state index contributed by atoms with van der Waals surface area (Å²) >= 11 is 0. The van der Waals surface area contributed by atoms with E-state index in [4.69, 9.17) is 15.0 Å². The van der Waals surface area contributed by atoms with E-state index in [-0.39, 0.29) is 0 Å². The van der Waals surface area contributed by atoms with Crippen LogP contribution in [0.25, 0.3) is 0 Å². The van der Waals surface area contributed by atoms with Gasteiger partial charge in [0.05, 0.1) is 0 Å². The predicted octanol–water partition coefficient (Wildman–Crippen LogP) is 2.67. The Bertz CT molecular complexity index is 401. The lowest BCUT2D eigenvalue weighted by molar-refractivity contribution is -0.357. The summed E-state index contributed by atoms with van der Waals surface area (Å²) in [5.41, 5.74) is 1.19. The molecule has 1 aliphatic rings. The van der Waals surface area contributed by atoms with E-state index in [0.29, 0.717) is 6.61 Å². The van der Waals surface area contributed by atoms with E-state index in [9.17, 15) is 0 Å². The Morgan fingerprint density at radius 2 is 2.06 bits per heavy atom. The second kappa shape index (κ2) is 4.98. The number of benzene rings is 1. The highest BCUT2D eigenvalue weighted by atomic mass is 17.2. The first-order chi connectivity index (χ1) is 8.15. The predicted molar refractivity (Wildman–Crippen MR) is 62.1 cm³/mol. The number of hydrogen-bond donors (Lipinski definition) is 1. The van der Waals surface area contributed by atoms with Crippen molar-refractivity contribution < 1.29 is 19.9 Å². The van der Waals surface area contributed by atoms with Gasteiger partial charge in [0.25, 0.3) is 0 Å². The van der Waals surface area contributed by atoms with E-state index in [2.05, 4.69) is 4.89 Å². The molecule has 2 unspecified atom stereocenters. The van der Waals surface area contributed by atoms with Crippen LogP contribution in [-0.2, 0) is 20.3 Å². The average Bonchev–Trinajstić information content (AvgIpc) is 2.39. The van der Waals surface area contributed by atoms with Gasteiger partial charge in [-0.3, -0.25) is 5.26 Å². The maximum absolute atomic E-state index is 8.69. The van der Waals surface area contributed by atoms with E-state index < -0.39 is 11.7 Å². The van der Waals surface area contributed by atoms with Crippen LogP contribution in [-0.4, -0.2) is 18.0 Å². The molecule has 0 radical (unpaired) electrons. The molecule has 1 aromatic rings. The van der Waals surface area contributed by atoms with Crippen molar-refractivity contribution in [1.82, 2.24) is 0 Å². The van der Waals surface area contributed by atoms with Crippen LogP contribution in [0.1, 0.15) is 19.4 Å². The minimum atomic E-state index is -0.651.